The van der Waals surface area contributed by atoms with E-state index in [4.69, 9.17) is 10.2 Å². The molecule has 0 atom stereocenters. The lowest BCUT2D eigenvalue weighted by Gasteiger charge is -1.88. The van der Waals surface area contributed by atoms with E-state index in [1.807, 2.05) is 6.07 Å². The van der Waals surface area contributed by atoms with Crippen molar-refractivity contribution < 1.29 is 10.2 Å². The van der Waals surface area contributed by atoms with Gasteiger partial charge < -0.3 is 10.2 Å². The SMILES string of the molecule is OCC=c1c[c]ccc1=CCO. The number of aliphatic hydroxyl groups excluding tert-OH is 2. The highest BCUT2D eigenvalue weighted by molar-refractivity contribution is 5.31. The third-order valence-corrected chi connectivity index (χ3v) is 1.55. The van der Waals surface area contributed by atoms with Crippen LogP contribution in [0.15, 0.2) is 18.2 Å². The molecule has 2 N–H and O–H groups in total. The lowest BCUT2D eigenvalue weighted by Crippen LogP contribution is -2.24. The second-order valence-corrected chi connectivity index (χ2v) is 2.33. The Balaban J connectivity index is 3.28. The average molecular weight is 163 g/mol. The number of hydrogen-bond donors (Lipinski definition) is 2. The molecular formula is C10H11O2. The van der Waals surface area contributed by atoms with Crippen molar-refractivity contribution in [1.29, 1.82) is 0 Å². The Morgan fingerprint density at radius 3 is 2.50 bits per heavy atom. The zero-order valence-corrected chi connectivity index (χ0v) is 6.70. The maximum Gasteiger partial charge on any atom is 0.0621 e. The number of hydrogen-bond acceptors (Lipinski definition) is 2. The smallest absolute Gasteiger partial charge is 0.0621 e. The quantitative estimate of drug-likeness (QED) is 0.589. The summed E-state index contributed by atoms with van der Waals surface area (Å²) in [6.07, 6.45) is 3.37. The lowest BCUT2D eigenvalue weighted by molar-refractivity contribution is 0.353. The van der Waals surface area contributed by atoms with Crippen LogP contribution in [0.1, 0.15) is 0 Å². The van der Waals surface area contributed by atoms with E-state index in [0.29, 0.717) is 0 Å². The first kappa shape index (κ1) is 8.97. The molecular weight excluding hydrogens is 152 g/mol. The minimum atomic E-state index is 0.00409. The van der Waals surface area contributed by atoms with E-state index in [2.05, 4.69) is 6.07 Å². The van der Waals surface area contributed by atoms with Crippen molar-refractivity contribution in [3.05, 3.63) is 34.7 Å². The van der Waals surface area contributed by atoms with E-state index in [9.17, 15) is 0 Å². The summed E-state index contributed by atoms with van der Waals surface area (Å²) in [5.41, 5.74) is 0. The van der Waals surface area contributed by atoms with Crippen LogP contribution in [0.2, 0.25) is 0 Å². The van der Waals surface area contributed by atoms with Gasteiger partial charge in [0.1, 0.15) is 0 Å². The summed E-state index contributed by atoms with van der Waals surface area (Å²) in [7, 11) is 0. The van der Waals surface area contributed by atoms with Crippen LogP contribution >= 0.6 is 0 Å². The van der Waals surface area contributed by atoms with Gasteiger partial charge >= 0.3 is 0 Å². The van der Waals surface area contributed by atoms with Crippen LogP contribution < -0.4 is 10.4 Å². The lowest BCUT2D eigenvalue weighted by atomic mass is 10.2. The molecule has 1 radical (unpaired) electrons. The first-order valence-corrected chi connectivity index (χ1v) is 3.76. The standard InChI is InChI=1S/C10H11O2/c11-7-5-9-3-1-2-4-10(9)6-8-12/h1,3-6,11-12H,7-8H2. The molecule has 0 unspecified atom stereocenters. The fourth-order valence-corrected chi connectivity index (χ4v) is 1.01. The van der Waals surface area contributed by atoms with Crippen LogP contribution in [0.25, 0.3) is 12.2 Å². The minimum absolute atomic E-state index is 0.00409. The fourth-order valence-electron chi connectivity index (χ4n) is 1.01. The van der Waals surface area contributed by atoms with Gasteiger partial charge in [0.15, 0.2) is 0 Å². The zero-order chi connectivity index (χ0) is 8.81. The molecule has 0 fully saturated rings. The van der Waals surface area contributed by atoms with E-state index in [1.54, 1.807) is 24.3 Å². The van der Waals surface area contributed by atoms with Crippen LogP contribution in [-0.2, 0) is 0 Å². The molecule has 2 nitrogen and oxygen atoms in total. The zero-order valence-electron chi connectivity index (χ0n) is 6.70. The third kappa shape index (κ3) is 2.19. The summed E-state index contributed by atoms with van der Waals surface area (Å²) in [4.78, 5) is 0. The third-order valence-electron chi connectivity index (χ3n) is 1.55. The first-order valence-electron chi connectivity index (χ1n) is 3.76. The van der Waals surface area contributed by atoms with Crippen molar-refractivity contribution in [1.82, 2.24) is 0 Å². The van der Waals surface area contributed by atoms with Crippen LogP contribution in [0.5, 0.6) is 0 Å². The number of benzene rings is 1. The van der Waals surface area contributed by atoms with E-state index >= 15 is 0 Å². The molecule has 0 amide bonds. The predicted octanol–water partition coefficient (Wildman–Crippen LogP) is -0.968. The molecule has 0 spiro atoms. The second kappa shape index (κ2) is 4.70. The molecule has 0 aliphatic rings. The Morgan fingerprint density at radius 2 is 1.83 bits per heavy atom. The number of aliphatic hydroxyl groups is 2. The Kier molecular flexibility index (Phi) is 3.51. The highest BCUT2D eigenvalue weighted by Crippen LogP contribution is 1.71. The van der Waals surface area contributed by atoms with Gasteiger partial charge in [-0.3, -0.25) is 0 Å². The van der Waals surface area contributed by atoms with Crippen LogP contribution in [0.3, 0.4) is 0 Å². The van der Waals surface area contributed by atoms with Crippen LogP contribution in [0, 0.1) is 6.07 Å². The topological polar surface area (TPSA) is 40.5 Å². The van der Waals surface area contributed by atoms with Crippen molar-refractivity contribution >= 4 is 12.2 Å². The Bertz CT molecular complexity index is 306. The number of rotatable bonds is 2. The highest BCUT2D eigenvalue weighted by atomic mass is 16.3. The van der Waals surface area contributed by atoms with Gasteiger partial charge in [0.2, 0.25) is 0 Å². The van der Waals surface area contributed by atoms with E-state index < -0.39 is 0 Å². The highest BCUT2D eigenvalue weighted by Gasteiger charge is 1.82. The normalized spacial score (nSPS) is 13.8. The predicted molar refractivity (Wildman–Crippen MR) is 47.6 cm³/mol. The Hall–Kier alpha value is -1.12. The van der Waals surface area contributed by atoms with Crippen LogP contribution in [0.4, 0.5) is 0 Å². The van der Waals surface area contributed by atoms with E-state index in [0.717, 1.165) is 10.4 Å². The molecule has 0 aliphatic carbocycles. The Morgan fingerprint density at radius 1 is 1.17 bits per heavy atom. The fraction of sp³-hybridized carbons (Fsp3) is 0.200. The summed E-state index contributed by atoms with van der Waals surface area (Å²) < 4.78 is 0. The van der Waals surface area contributed by atoms with Crippen LogP contribution in [-0.4, -0.2) is 23.4 Å². The second-order valence-electron chi connectivity index (χ2n) is 2.33. The molecule has 0 saturated carbocycles. The van der Waals surface area contributed by atoms with Gasteiger partial charge in [-0.2, -0.15) is 0 Å². The van der Waals surface area contributed by atoms with Gasteiger partial charge in [0, 0.05) is 0 Å². The Labute approximate surface area is 71.1 Å². The van der Waals surface area contributed by atoms with Gasteiger partial charge in [-0.15, -0.1) is 0 Å². The molecule has 0 saturated heterocycles. The van der Waals surface area contributed by atoms with Gasteiger partial charge in [-0.05, 0) is 22.6 Å². The molecule has 1 rings (SSSR count). The molecule has 0 aliphatic heterocycles. The molecule has 2 heteroatoms. The van der Waals surface area contributed by atoms with E-state index in [1.165, 1.54) is 0 Å². The van der Waals surface area contributed by atoms with Gasteiger partial charge in [-0.25, -0.2) is 0 Å². The van der Waals surface area contributed by atoms with Gasteiger partial charge in [-0.1, -0.05) is 24.3 Å². The first-order chi connectivity index (χ1) is 5.88. The summed E-state index contributed by atoms with van der Waals surface area (Å²) in [5, 5.41) is 19.2. The average Bonchev–Trinajstić information content (AvgIpc) is 2.09. The molecule has 1 aromatic carbocycles. The van der Waals surface area contributed by atoms with Crippen molar-refractivity contribution in [3.8, 4) is 0 Å². The summed E-state index contributed by atoms with van der Waals surface area (Å²) in [5.74, 6) is 0. The van der Waals surface area contributed by atoms with Crippen molar-refractivity contribution in [2.45, 2.75) is 0 Å². The van der Waals surface area contributed by atoms with Crippen molar-refractivity contribution in [2.75, 3.05) is 13.2 Å². The molecule has 12 heavy (non-hydrogen) atoms. The van der Waals surface area contributed by atoms with E-state index in [-0.39, 0.29) is 13.2 Å². The molecule has 0 aromatic heterocycles. The largest absolute Gasteiger partial charge is 0.392 e. The molecule has 1 aromatic rings. The maximum absolute atomic E-state index is 8.67. The molecule has 0 bridgehead atoms. The van der Waals surface area contributed by atoms with Gasteiger partial charge in [0.05, 0.1) is 13.2 Å². The van der Waals surface area contributed by atoms with Crippen molar-refractivity contribution in [3.63, 3.8) is 0 Å². The molecule has 63 valence electrons. The summed E-state index contributed by atoms with van der Waals surface area (Å²) >= 11 is 0. The van der Waals surface area contributed by atoms with Gasteiger partial charge in [0.25, 0.3) is 0 Å². The molecule has 0 heterocycles. The monoisotopic (exact) mass is 163 g/mol. The summed E-state index contributed by atoms with van der Waals surface area (Å²) in [6, 6.07) is 8.30. The summed E-state index contributed by atoms with van der Waals surface area (Å²) in [6.45, 7) is 0.0143. The van der Waals surface area contributed by atoms with Crippen molar-refractivity contribution in [2.24, 2.45) is 0 Å². The minimum Gasteiger partial charge on any atom is -0.392 e. The maximum atomic E-state index is 8.67.